The third kappa shape index (κ3) is 4.41. The van der Waals surface area contributed by atoms with E-state index in [0.717, 1.165) is 41.2 Å². The maximum Gasteiger partial charge on any atom is 0.417 e. The van der Waals surface area contributed by atoms with Gasteiger partial charge in [0.05, 0.1) is 18.7 Å². The molecule has 0 amide bonds. The fraction of sp³-hybridized carbons (Fsp3) is 0.261. The van der Waals surface area contributed by atoms with Crippen LogP contribution in [0.3, 0.4) is 0 Å². The number of pyridine rings is 1. The summed E-state index contributed by atoms with van der Waals surface area (Å²) >= 11 is 0. The highest BCUT2D eigenvalue weighted by atomic mass is 19.4. The molecule has 1 N–H and O–H groups in total. The van der Waals surface area contributed by atoms with Gasteiger partial charge >= 0.3 is 6.18 Å². The Morgan fingerprint density at radius 1 is 1.03 bits per heavy atom. The van der Waals surface area contributed by atoms with Crippen molar-refractivity contribution in [3.8, 4) is 17.0 Å². The van der Waals surface area contributed by atoms with E-state index in [0.29, 0.717) is 13.0 Å². The lowest BCUT2D eigenvalue weighted by Crippen LogP contribution is -2.25. The molecule has 0 radical (unpaired) electrons. The first-order valence-electron chi connectivity index (χ1n) is 9.68. The second-order valence-corrected chi connectivity index (χ2v) is 7.23. The van der Waals surface area contributed by atoms with E-state index in [9.17, 15) is 18.3 Å². The summed E-state index contributed by atoms with van der Waals surface area (Å²) in [6.45, 7) is 1.21. The number of hydrogen-bond donors (Lipinski definition) is 1. The maximum absolute atomic E-state index is 12.7. The van der Waals surface area contributed by atoms with Crippen LogP contribution in [-0.4, -0.2) is 29.3 Å². The van der Waals surface area contributed by atoms with Gasteiger partial charge in [-0.25, -0.2) is 4.98 Å². The zero-order valence-corrected chi connectivity index (χ0v) is 16.1. The van der Waals surface area contributed by atoms with Gasteiger partial charge in [0.2, 0.25) is 5.88 Å². The van der Waals surface area contributed by atoms with Gasteiger partial charge < -0.3 is 14.7 Å². The number of aliphatic hydroxyl groups is 1. The molecule has 7 heteroatoms. The highest BCUT2D eigenvalue weighted by Crippen LogP contribution is 2.32. The lowest BCUT2D eigenvalue weighted by molar-refractivity contribution is -0.137. The molecule has 2 heterocycles. The van der Waals surface area contributed by atoms with Crippen LogP contribution in [0.25, 0.3) is 11.1 Å². The van der Waals surface area contributed by atoms with Crippen LogP contribution >= 0.6 is 0 Å². The Morgan fingerprint density at radius 2 is 1.83 bits per heavy atom. The van der Waals surface area contributed by atoms with Gasteiger partial charge in [-0.1, -0.05) is 42.5 Å². The normalized spacial score (nSPS) is 16.7. The second kappa shape index (κ2) is 8.36. The first-order chi connectivity index (χ1) is 14.4. The van der Waals surface area contributed by atoms with E-state index in [-0.39, 0.29) is 18.6 Å². The van der Waals surface area contributed by atoms with Crippen LogP contribution in [0.15, 0.2) is 66.9 Å². The van der Waals surface area contributed by atoms with Crippen molar-refractivity contribution in [1.82, 2.24) is 4.98 Å². The molecule has 156 valence electrons. The van der Waals surface area contributed by atoms with E-state index in [1.165, 1.54) is 6.07 Å². The fourth-order valence-electron chi connectivity index (χ4n) is 3.63. The van der Waals surface area contributed by atoms with Crippen molar-refractivity contribution in [2.75, 3.05) is 18.0 Å². The summed E-state index contributed by atoms with van der Waals surface area (Å²) in [7, 11) is 0. The van der Waals surface area contributed by atoms with Gasteiger partial charge in [-0.15, -0.1) is 0 Å². The SMILES string of the molecule is OCc1ccc(-c2ccccc2)cc1N1CCC(Oc2ccc(C(F)(F)F)cn2)C1. The molecule has 0 aliphatic carbocycles. The molecule has 3 aromatic rings. The Labute approximate surface area is 172 Å². The molecule has 4 rings (SSSR count). The average molecular weight is 414 g/mol. The van der Waals surface area contributed by atoms with Crippen molar-refractivity contribution in [3.05, 3.63) is 78.0 Å². The summed E-state index contributed by atoms with van der Waals surface area (Å²) in [5.41, 5.74) is 3.10. The van der Waals surface area contributed by atoms with Gasteiger partial charge in [-0.05, 0) is 23.3 Å². The molecule has 0 saturated carbocycles. The van der Waals surface area contributed by atoms with Crippen LogP contribution < -0.4 is 9.64 Å². The zero-order chi connectivity index (χ0) is 21.1. The number of alkyl halides is 3. The Balaban J connectivity index is 1.49. The summed E-state index contributed by atoms with van der Waals surface area (Å²) in [4.78, 5) is 5.92. The van der Waals surface area contributed by atoms with E-state index >= 15 is 0 Å². The van der Waals surface area contributed by atoms with Crippen molar-refractivity contribution in [2.24, 2.45) is 0 Å². The van der Waals surface area contributed by atoms with Crippen molar-refractivity contribution >= 4 is 5.69 Å². The van der Waals surface area contributed by atoms with Crippen LogP contribution in [0.1, 0.15) is 17.5 Å². The number of anilines is 1. The largest absolute Gasteiger partial charge is 0.472 e. The Hall–Kier alpha value is -3.06. The first-order valence-corrected chi connectivity index (χ1v) is 9.68. The highest BCUT2D eigenvalue weighted by Gasteiger charge is 2.31. The summed E-state index contributed by atoms with van der Waals surface area (Å²) < 4.78 is 43.8. The summed E-state index contributed by atoms with van der Waals surface area (Å²) in [6, 6.07) is 18.2. The van der Waals surface area contributed by atoms with Crippen molar-refractivity contribution < 1.29 is 23.0 Å². The molecule has 1 fully saturated rings. The number of nitrogens with zero attached hydrogens (tertiary/aromatic N) is 2. The monoisotopic (exact) mass is 414 g/mol. The molecule has 1 unspecified atom stereocenters. The van der Waals surface area contributed by atoms with Crippen LogP contribution in [0, 0.1) is 0 Å². The molecule has 1 aliphatic heterocycles. The third-order valence-electron chi connectivity index (χ3n) is 5.20. The number of benzene rings is 2. The predicted octanol–water partition coefficient (Wildman–Crippen LogP) is 4.92. The van der Waals surface area contributed by atoms with Gasteiger partial charge in [0.1, 0.15) is 6.10 Å². The molecule has 1 aromatic heterocycles. The van der Waals surface area contributed by atoms with Crippen LogP contribution in [0.2, 0.25) is 0 Å². The van der Waals surface area contributed by atoms with Gasteiger partial charge in [-0.3, -0.25) is 0 Å². The van der Waals surface area contributed by atoms with Gasteiger partial charge in [0, 0.05) is 36.5 Å². The van der Waals surface area contributed by atoms with E-state index in [1.807, 2.05) is 42.5 Å². The third-order valence-corrected chi connectivity index (χ3v) is 5.20. The standard InChI is InChI=1S/C23H21F3N2O2/c24-23(25,26)19-8-9-22(27-13-19)30-20-10-11-28(14-20)21-12-17(6-7-18(21)15-29)16-4-2-1-3-5-16/h1-9,12-13,20,29H,10-11,14-15H2. The number of halogens is 3. The molecular formula is C23H21F3N2O2. The summed E-state index contributed by atoms with van der Waals surface area (Å²) in [5, 5.41) is 9.77. The topological polar surface area (TPSA) is 45.6 Å². The number of aliphatic hydroxyl groups excluding tert-OH is 1. The van der Waals surface area contributed by atoms with Crippen LogP contribution in [0.5, 0.6) is 5.88 Å². The zero-order valence-electron chi connectivity index (χ0n) is 16.1. The molecule has 0 spiro atoms. The minimum atomic E-state index is -4.42. The van der Waals surface area contributed by atoms with E-state index in [4.69, 9.17) is 4.74 Å². The van der Waals surface area contributed by atoms with Crippen LogP contribution in [0.4, 0.5) is 18.9 Å². The predicted molar refractivity (Wildman–Crippen MR) is 108 cm³/mol. The molecule has 4 nitrogen and oxygen atoms in total. The van der Waals surface area contributed by atoms with E-state index in [1.54, 1.807) is 0 Å². The Bertz CT molecular complexity index is 992. The number of ether oxygens (including phenoxy) is 1. The average Bonchev–Trinajstić information content (AvgIpc) is 3.22. The Morgan fingerprint density at radius 3 is 2.50 bits per heavy atom. The van der Waals surface area contributed by atoms with Gasteiger partial charge in [0.25, 0.3) is 0 Å². The first kappa shape index (κ1) is 20.2. The molecule has 30 heavy (non-hydrogen) atoms. The van der Waals surface area contributed by atoms with Crippen molar-refractivity contribution in [3.63, 3.8) is 0 Å². The van der Waals surface area contributed by atoms with Gasteiger partial charge in [-0.2, -0.15) is 13.2 Å². The fourth-order valence-corrected chi connectivity index (χ4v) is 3.63. The van der Waals surface area contributed by atoms with E-state index in [2.05, 4.69) is 16.0 Å². The lowest BCUT2D eigenvalue weighted by atomic mass is 10.0. The molecule has 1 saturated heterocycles. The number of aromatic nitrogens is 1. The molecule has 2 aromatic carbocycles. The lowest BCUT2D eigenvalue weighted by Gasteiger charge is -2.22. The Kier molecular flexibility index (Phi) is 5.63. The second-order valence-electron chi connectivity index (χ2n) is 7.23. The van der Waals surface area contributed by atoms with Crippen molar-refractivity contribution in [2.45, 2.75) is 25.3 Å². The minimum Gasteiger partial charge on any atom is -0.472 e. The van der Waals surface area contributed by atoms with E-state index < -0.39 is 11.7 Å². The van der Waals surface area contributed by atoms with Gasteiger partial charge in [0.15, 0.2) is 0 Å². The molecule has 1 aliphatic rings. The minimum absolute atomic E-state index is 0.0765. The maximum atomic E-state index is 12.7. The molecular weight excluding hydrogens is 393 g/mol. The summed E-state index contributed by atoms with van der Waals surface area (Å²) in [6.07, 6.45) is -3.11. The van der Waals surface area contributed by atoms with Crippen LogP contribution in [-0.2, 0) is 12.8 Å². The molecule has 1 atom stereocenters. The number of rotatable bonds is 5. The molecule has 0 bridgehead atoms. The summed E-state index contributed by atoms with van der Waals surface area (Å²) in [5.74, 6) is 0.176. The van der Waals surface area contributed by atoms with Crippen molar-refractivity contribution in [1.29, 1.82) is 0 Å². The smallest absolute Gasteiger partial charge is 0.417 e. The number of hydrogen-bond acceptors (Lipinski definition) is 4. The quantitative estimate of drug-likeness (QED) is 0.644. The highest BCUT2D eigenvalue weighted by molar-refractivity contribution is 5.71.